The average Bonchev–Trinajstić information content (AvgIpc) is 3.28. The molecule has 0 fully saturated rings. The lowest BCUT2D eigenvalue weighted by Gasteiger charge is -2.25. The maximum absolute atomic E-state index is 13.8. The second-order valence-electron chi connectivity index (χ2n) is 7.23. The number of hydrogen-bond acceptors (Lipinski definition) is 8. The Bertz CT molecular complexity index is 1080. The van der Waals surface area contributed by atoms with Crippen molar-refractivity contribution in [1.82, 2.24) is 9.88 Å². The van der Waals surface area contributed by atoms with E-state index in [0.29, 0.717) is 34.5 Å². The number of anilines is 1. The number of ether oxygens (including phenoxy) is 4. The molecule has 0 N–H and O–H groups in total. The van der Waals surface area contributed by atoms with E-state index >= 15 is 0 Å². The second-order valence-corrected chi connectivity index (χ2v) is 8.24. The van der Waals surface area contributed by atoms with E-state index in [-0.39, 0.29) is 18.3 Å². The molecule has 10 heteroatoms. The van der Waals surface area contributed by atoms with Gasteiger partial charge in [0.05, 0.1) is 38.7 Å². The molecule has 0 saturated carbocycles. The molecular formula is C24H32ClN3O5S. The van der Waals surface area contributed by atoms with Crippen LogP contribution in [0.2, 0.25) is 0 Å². The number of methoxy groups -OCH3 is 4. The van der Waals surface area contributed by atoms with Crippen LogP contribution in [0.3, 0.4) is 0 Å². The van der Waals surface area contributed by atoms with Gasteiger partial charge in [-0.1, -0.05) is 25.2 Å². The number of thiazole rings is 1. The summed E-state index contributed by atoms with van der Waals surface area (Å²) in [5.41, 5.74) is 1.22. The minimum absolute atomic E-state index is 0. The summed E-state index contributed by atoms with van der Waals surface area (Å²) < 4.78 is 22.6. The standard InChI is InChI=1S/C24H31N3O5S.ClH/c1-7-26(8-2)11-12-27(24-25-18-15-17(29-3)9-10-21(18)33-24)23(28)16-13-19(30-4)22(32-6)20(14-16)31-5;/h9-10,13-15H,7-8,11-12H2,1-6H3;1H. The van der Waals surface area contributed by atoms with E-state index < -0.39 is 0 Å². The predicted molar refractivity (Wildman–Crippen MR) is 139 cm³/mol. The number of carbonyl (C=O) groups excluding carboxylic acids is 1. The molecule has 1 heterocycles. The van der Waals surface area contributed by atoms with Gasteiger partial charge >= 0.3 is 0 Å². The normalized spacial score (nSPS) is 10.7. The summed E-state index contributed by atoms with van der Waals surface area (Å²) in [5.74, 6) is 1.84. The van der Waals surface area contributed by atoms with Crippen molar-refractivity contribution in [3.8, 4) is 23.0 Å². The van der Waals surface area contributed by atoms with Crippen LogP contribution in [-0.2, 0) is 0 Å². The van der Waals surface area contributed by atoms with Gasteiger partial charge < -0.3 is 23.8 Å². The fraction of sp³-hybridized carbons (Fsp3) is 0.417. The first-order valence-electron chi connectivity index (χ1n) is 10.8. The third kappa shape index (κ3) is 5.84. The van der Waals surface area contributed by atoms with Gasteiger partial charge in [0.15, 0.2) is 16.6 Å². The Morgan fingerprint density at radius 1 is 0.912 bits per heavy atom. The summed E-state index contributed by atoms with van der Waals surface area (Å²) in [7, 11) is 6.22. The number of amides is 1. The lowest BCUT2D eigenvalue weighted by Crippen LogP contribution is -2.38. The maximum atomic E-state index is 13.8. The summed E-state index contributed by atoms with van der Waals surface area (Å²) in [6, 6.07) is 9.07. The van der Waals surface area contributed by atoms with Crippen LogP contribution in [0.5, 0.6) is 23.0 Å². The maximum Gasteiger partial charge on any atom is 0.260 e. The quantitative estimate of drug-likeness (QED) is 0.369. The zero-order chi connectivity index (χ0) is 24.0. The van der Waals surface area contributed by atoms with Crippen LogP contribution < -0.4 is 23.8 Å². The highest BCUT2D eigenvalue weighted by Crippen LogP contribution is 2.39. The molecule has 0 radical (unpaired) electrons. The first kappa shape index (κ1) is 27.5. The van der Waals surface area contributed by atoms with Crippen molar-refractivity contribution >= 4 is 45.0 Å². The van der Waals surface area contributed by atoms with Crippen molar-refractivity contribution in [3.05, 3.63) is 35.9 Å². The Morgan fingerprint density at radius 3 is 2.09 bits per heavy atom. The van der Waals surface area contributed by atoms with E-state index in [9.17, 15) is 4.79 Å². The fourth-order valence-electron chi connectivity index (χ4n) is 3.56. The van der Waals surface area contributed by atoms with Gasteiger partial charge in [0, 0.05) is 24.7 Å². The fourth-order valence-corrected chi connectivity index (χ4v) is 4.53. The van der Waals surface area contributed by atoms with Gasteiger partial charge in [0.1, 0.15) is 5.75 Å². The number of rotatable bonds is 11. The largest absolute Gasteiger partial charge is 0.497 e. The molecule has 34 heavy (non-hydrogen) atoms. The lowest BCUT2D eigenvalue weighted by atomic mass is 10.1. The van der Waals surface area contributed by atoms with E-state index in [2.05, 4.69) is 18.7 Å². The predicted octanol–water partition coefficient (Wildman–Crippen LogP) is 4.74. The smallest absolute Gasteiger partial charge is 0.260 e. The molecule has 186 valence electrons. The molecule has 0 spiro atoms. The second kappa shape index (κ2) is 12.6. The van der Waals surface area contributed by atoms with Crippen LogP contribution in [0.25, 0.3) is 10.2 Å². The SMILES string of the molecule is CCN(CC)CCN(C(=O)c1cc(OC)c(OC)c(OC)c1)c1nc2cc(OC)ccc2s1.Cl. The molecule has 0 aliphatic carbocycles. The highest BCUT2D eigenvalue weighted by Gasteiger charge is 2.25. The van der Waals surface area contributed by atoms with Gasteiger partial charge in [-0.2, -0.15) is 0 Å². The minimum atomic E-state index is -0.188. The molecule has 0 aliphatic heterocycles. The summed E-state index contributed by atoms with van der Waals surface area (Å²) in [6.07, 6.45) is 0. The number of hydrogen-bond donors (Lipinski definition) is 0. The molecule has 0 bridgehead atoms. The van der Waals surface area contributed by atoms with Crippen LogP contribution >= 0.6 is 23.7 Å². The van der Waals surface area contributed by atoms with Gasteiger partial charge in [-0.25, -0.2) is 4.98 Å². The number of halogens is 1. The highest BCUT2D eigenvalue weighted by atomic mass is 35.5. The van der Waals surface area contributed by atoms with Crippen LogP contribution in [-0.4, -0.2) is 70.4 Å². The molecule has 3 rings (SSSR count). The Hall–Kier alpha value is -2.75. The zero-order valence-electron chi connectivity index (χ0n) is 20.4. The molecule has 0 unspecified atom stereocenters. The monoisotopic (exact) mass is 509 g/mol. The lowest BCUT2D eigenvalue weighted by molar-refractivity contribution is 0.0983. The minimum Gasteiger partial charge on any atom is -0.497 e. The van der Waals surface area contributed by atoms with Crippen LogP contribution in [0.1, 0.15) is 24.2 Å². The van der Waals surface area contributed by atoms with E-state index in [1.165, 1.54) is 32.7 Å². The Labute approximate surface area is 210 Å². The van der Waals surface area contributed by atoms with Gasteiger partial charge in [-0.15, -0.1) is 12.4 Å². The molecule has 0 saturated heterocycles. The topological polar surface area (TPSA) is 73.4 Å². The number of nitrogens with zero attached hydrogens (tertiary/aromatic N) is 3. The molecule has 2 aromatic carbocycles. The van der Waals surface area contributed by atoms with E-state index in [1.54, 1.807) is 24.1 Å². The molecule has 0 atom stereocenters. The van der Waals surface area contributed by atoms with Gasteiger partial charge in [0.25, 0.3) is 5.91 Å². The zero-order valence-corrected chi connectivity index (χ0v) is 22.0. The molecular weight excluding hydrogens is 478 g/mol. The first-order chi connectivity index (χ1) is 16.0. The van der Waals surface area contributed by atoms with Crippen molar-refractivity contribution in [3.63, 3.8) is 0 Å². The van der Waals surface area contributed by atoms with Crippen LogP contribution in [0.15, 0.2) is 30.3 Å². The Kier molecular flexibility index (Phi) is 10.2. The van der Waals surface area contributed by atoms with Crippen molar-refractivity contribution in [2.45, 2.75) is 13.8 Å². The number of likely N-dealkylation sites (N-methyl/N-ethyl adjacent to an activating group) is 1. The average molecular weight is 510 g/mol. The Morgan fingerprint density at radius 2 is 1.56 bits per heavy atom. The number of benzene rings is 2. The van der Waals surface area contributed by atoms with E-state index in [0.717, 1.165) is 35.6 Å². The van der Waals surface area contributed by atoms with Crippen molar-refractivity contribution in [2.24, 2.45) is 0 Å². The molecule has 8 nitrogen and oxygen atoms in total. The molecule has 0 aliphatic rings. The van der Waals surface area contributed by atoms with Crippen molar-refractivity contribution in [2.75, 3.05) is 59.5 Å². The molecule has 3 aromatic rings. The summed E-state index contributed by atoms with van der Waals surface area (Å²) in [5, 5.41) is 0.629. The van der Waals surface area contributed by atoms with Crippen molar-refractivity contribution in [1.29, 1.82) is 0 Å². The van der Waals surface area contributed by atoms with Crippen LogP contribution in [0.4, 0.5) is 5.13 Å². The van der Waals surface area contributed by atoms with Crippen LogP contribution in [0, 0.1) is 0 Å². The molecule has 1 amide bonds. The third-order valence-corrected chi connectivity index (χ3v) is 6.56. The summed E-state index contributed by atoms with van der Waals surface area (Å²) >= 11 is 1.47. The van der Waals surface area contributed by atoms with Gasteiger partial charge in [-0.05, 0) is 37.4 Å². The van der Waals surface area contributed by atoms with E-state index in [1.807, 2.05) is 18.2 Å². The number of fused-ring (bicyclic) bond motifs is 1. The summed E-state index contributed by atoms with van der Waals surface area (Å²) in [6.45, 7) is 7.24. The third-order valence-electron chi connectivity index (χ3n) is 5.51. The van der Waals surface area contributed by atoms with Gasteiger partial charge in [0.2, 0.25) is 5.75 Å². The molecule has 1 aromatic heterocycles. The summed E-state index contributed by atoms with van der Waals surface area (Å²) in [4.78, 5) is 22.5. The number of aromatic nitrogens is 1. The van der Waals surface area contributed by atoms with Crippen molar-refractivity contribution < 1.29 is 23.7 Å². The Balaban J connectivity index is 0.00000408. The van der Waals surface area contributed by atoms with Gasteiger partial charge in [-0.3, -0.25) is 9.69 Å². The number of carbonyl (C=O) groups is 1. The highest BCUT2D eigenvalue weighted by molar-refractivity contribution is 7.22. The first-order valence-corrected chi connectivity index (χ1v) is 11.6. The van der Waals surface area contributed by atoms with E-state index in [4.69, 9.17) is 23.9 Å².